The minimum absolute atomic E-state index is 0.176. The van der Waals surface area contributed by atoms with E-state index < -0.39 is 11.4 Å². The van der Waals surface area contributed by atoms with E-state index in [1.54, 1.807) is 43.3 Å². The van der Waals surface area contributed by atoms with Crippen molar-refractivity contribution in [2.45, 2.75) is 13.3 Å². The van der Waals surface area contributed by atoms with Crippen LogP contribution in [0.15, 0.2) is 48.5 Å². The smallest absolute Gasteiger partial charge is 0.321 e. The average Bonchev–Trinajstić information content (AvgIpc) is 3.01. The van der Waals surface area contributed by atoms with E-state index in [0.717, 1.165) is 0 Å². The van der Waals surface area contributed by atoms with Gasteiger partial charge in [-0.3, -0.25) is 4.79 Å². The molecule has 0 bridgehead atoms. The fourth-order valence-corrected chi connectivity index (χ4v) is 2.78. The maximum absolute atomic E-state index is 13.2. The molecule has 1 aliphatic rings. The number of rotatable bonds is 4. The molecule has 3 rings (SSSR count). The minimum Gasteiger partial charge on any atom is -0.481 e. The van der Waals surface area contributed by atoms with Gasteiger partial charge in [-0.2, -0.15) is 0 Å². The summed E-state index contributed by atoms with van der Waals surface area (Å²) in [6.07, 6.45) is 0.427. The van der Waals surface area contributed by atoms with Gasteiger partial charge < -0.3 is 20.1 Å². The number of carboxylic acids is 1. The Morgan fingerprint density at radius 3 is 2.54 bits per heavy atom. The van der Waals surface area contributed by atoms with Gasteiger partial charge in [0.25, 0.3) is 0 Å². The van der Waals surface area contributed by atoms with E-state index in [1.165, 1.54) is 17.0 Å². The van der Waals surface area contributed by atoms with E-state index in [0.29, 0.717) is 30.2 Å². The van der Waals surface area contributed by atoms with Crippen molar-refractivity contribution in [3.05, 3.63) is 54.3 Å². The molecule has 1 heterocycles. The van der Waals surface area contributed by atoms with Crippen molar-refractivity contribution in [3.63, 3.8) is 0 Å². The SMILES string of the molecule is CC1(C(=O)O)CCN(C(=O)Nc2ccc(Oc3cccc(F)c3)cc2)C1. The number of carboxylic acid groups (broad SMARTS) is 1. The predicted molar refractivity (Wildman–Crippen MR) is 93.9 cm³/mol. The van der Waals surface area contributed by atoms with Gasteiger partial charge in [-0.25, -0.2) is 9.18 Å². The van der Waals surface area contributed by atoms with Gasteiger partial charge >= 0.3 is 12.0 Å². The number of halogens is 1. The Hall–Kier alpha value is -3.09. The number of likely N-dealkylation sites (tertiary alicyclic amines) is 1. The second-order valence-electron chi connectivity index (χ2n) is 6.55. The average molecular weight is 358 g/mol. The molecule has 0 aliphatic carbocycles. The summed E-state index contributed by atoms with van der Waals surface area (Å²) < 4.78 is 18.7. The number of hydrogen-bond donors (Lipinski definition) is 2. The molecule has 26 heavy (non-hydrogen) atoms. The molecule has 2 aromatic carbocycles. The van der Waals surface area contributed by atoms with E-state index in [4.69, 9.17) is 4.74 Å². The third kappa shape index (κ3) is 3.93. The van der Waals surface area contributed by atoms with Gasteiger partial charge in [-0.1, -0.05) is 6.07 Å². The van der Waals surface area contributed by atoms with Gasteiger partial charge in [-0.15, -0.1) is 0 Å². The number of amides is 2. The van der Waals surface area contributed by atoms with Crippen molar-refractivity contribution in [3.8, 4) is 11.5 Å². The van der Waals surface area contributed by atoms with Crippen LogP contribution in [-0.2, 0) is 4.79 Å². The van der Waals surface area contributed by atoms with Gasteiger partial charge in [0.2, 0.25) is 0 Å². The first kappa shape index (κ1) is 17.7. The molecule has 1 atom stereocenters. The second-order valence-corrected chi connectivity index (χ2v) is 6.55. The Kier molecular flexibility index (Phi) is 4.79. The fraction of sp³-hybridized carbons (Fsp3) is 0.263. The van der Waals surface area contributed by atoms with Crippen molar-refractivity contribution in [1.82, 2.24) is 4.90 Å². The van der Waals surface area contributed by atoms with E-state index >= 15 is 0 Å². The quantitative estimate of drug-likeness (QED) is 0.867. The number of carbonyl (C=O) groups is 2. The van der Waals surface area contributed by atoms with E-state index in [9.17, 15) is 19.1 Å². The number of aliphatic carboxylic acids is 1. The zero-order valence-electron chi connectivity index (χ0n) is 14.2. The highest BCUT2D eigenvalue weighted by Gasteiger charge is 2.42. The summed E-state index contributed by atoms with van der Waals surface area (Å²) in [5.74, 6) is -0.392. The Balaban J connectivity index is 1.59. The number of anilines is 1. The van der Waals surface area contributed by atoms with Crippen LogP contribution in [0, 0.1) is 11.2 Å². The zero-order valence-corrected chi connectivity index (χ0v) is 14.2. The monoisotopic (exact) mass is 358 g/mol. The zero-order chi connectivity index (χ0) is 18.7. The number of urea groups is 1. The second kappa shape index (κ2) is 7.03. The lowest BCUT2D eigenvalue weighted by Gasteiger charge is -2.20. The maximum Gasteiger partial charge on any atom is 0.321 e. The van der Waals surface area contributed by atoms with E-state index in [2.05, 4.69) is 5.32 Å². The summed E-state index contributed by atoms with van der Waals surface area (Å²) in [4.78, 5) is 25.0. The lowest BCUT2D eigenvalue weighted by atomic mass is 9.90. The lowest BCUT2D eigenvalue weighted by molar-refractivity contribution is -0.146. The molecule has 2 aromatic rings. The Labute approximate surface area is 150 Å². The molecule has 1 unspecified atom stereocenters. The molecule has 0 spiro atoms. The van der Waals surface area contributed by atoms with Crippen LogP contribution in [-0.4, -0.2) is 35.1 Å². The molecular weight excluding hydrogens is 339 g/mol. The number of carbonyl (C=O) groups excluding carboxylic acids is 1. The normalized spacial score (nSPS) is 19.2. The van der Waals surface area contributed by atoms with E-state index in [-0.39, 0.29) is 18.4 Å². The number of nitrogens with one attached hydrogen (secondary N) is 1. The van der Waals surface area contributed by atoms with E-state index in [1.807, 2.05) is 0 Å². The Bertz CT molecular complexity index is 825. The van der Waals surface area contributed by atoms with Gasteiger partial charge in [0, 0.05) is 24.8 Å². The number of ether oxygens (including phenoxy) is 1. The van der Waals surface area contributed by atoms with Gasteiger partial charge in [0.05, 0.1) is 5.41 Å². The topological polar surface area (TPSA) is 78.9 Å². The third-order valence-electron chi connectivity index (χ3n) is 4.41. The van der Waals surface area contributed by atoms with Gasteiger partial charge in [-0.05, 0) is 49.7 Å². The maximum atomic E-state index is 13.2. The van der Waals surface area contributed by atoms with Crippen LogP contribution in [0.1, 0.15) is 13.3 Å². The van der Waals surface area contributed by atoms with Crippen LogP contribution in [0.4, 0.5) is 14.9 Å². The molecule has 0 radical (unpaired) electrons. The van der Waals surface area contributed by atoms with Crippen molar-refractivity contribution in [1.29, 1.82) is 0 Å². The summed E-state index contributed by atoms with van der Waals surface area (Å²) in [6.45, 7) is 2.21. The first-order chi connectivity index (χ1) is 12.4. The molecule has 6 nitrogen and oxygen atoms in total. The molecule has 0 saturated carbocycles. The molecule has 1 aliphatic heterocycles. The number of nitrogens with zero attached hydrogens (tertiary/aromatic N) is 1. The summed E-state index contributed by atoms with van der Waals surface area (Å²) in [7, 11) is 0. The highest BCUT2D eigenvalue weighted by atomic mass is 19.1. The largest absolute Gasteiger partial charge is 0.481 e. The summed E-state index contributed by atoms with van der Waals surface area (Å²) in [5, 5.41) is 12.0. The van der Waals surface area contributed by atoms with Crippen LogP contribution in [0.5, 0.6) is 11.5 Å². The lowest BCUT2D eigenvalue weighted by Crippen LogP contribution is -2.37. The highest BCUT2D eigenvalue weighted by molar-refractivity contribution is 5.90. The van der Waals surface area contributed by atoms with Crippen LogP contribution in [0.2, 0.25) is 0 Å². The Morgan fingerprint density at radius 1 is 1.19 bits per heavy atom. The van der Waals surface area contributed by atoms with Crippen molar-refractivity contribution >= 4 is 17.7 Å². The Morgan fingerprint density at radius 2 is 1.92 bits per heavy atom. The molecule has 0 aromatic heterocycles. The van der Waals surface area contributed by atoms with Crippen LogP contribution < -0.4 is 10.1 Å². The molecule has 7 heteroatoms. The first-order valence-corrected chi connectivity index (χ1v) is 8.18. The number of hydrogen-bond acceptors (Lipinski definition) is 3. The van der Waals surface area contributed by atoms with Crippen molar-refractivity contribution in [2.24, 2.45) is 5.41 Å². The van der Waals surface area contributed by atoms with Crippen LogP contribution in [0.25, 0.3) is 0 Å². The van der Waals surface area contributed by atoms with Crippen molar-refractivity contribution < 1.29 is 23.8 Å². The first-order valence-electron chi connectivity index (χ1n) is 8.18. The predicted octanol–water partition coefficient (Wildman–Crippen LogP) is 3.95. The summed E-state index contributed by atoms with van der Waals surface area (Å²) in [6, 6.07) is 12.1. The molecule has 2 N–H and O–H groups in total. The minimum atomic E-state index is -0.903. The molecule has 2 amide bonds. The third-order valence-corrected chi connectivity index (χ3v) is 4.41. The van der Waals surface area contributed by atoms with Crippen LogP contribution in [0.3, 0.4) is 0 Å². The number of benzene rings is 2. The molecular formula is C19H19FN2O4. The summed E-state index contributed by atoms with van der Waals surface area (Å²) in [5.41, 5.74) is -0.342. The standard InChI is InChI=1S/C19H19FN2O4/c1-19(17(23)24)9-10-22(12-19)18(25)21-14-5-7-15(8-6-14)26-16-4-2-3-13(20)11-16/h2-8,11H,9-10,12H2,1H3,(H,21,25)(H,23,24). The van der Waals surface area contributed by atoms with Crippen LogP contribution >= 0.6 is 0 Å². The fourth-order valence-electron chi connectivity index (χ4n) is 2.78. The van der Waals surface area contributed by atoms with Gasteiger partial charge in [0.15, 0.2) is 0 Å². The highest BCUT2D eigenvalue weighted by Crippen LogP contribution is 2.30. The molecule has 1 saturated heterocycles. The van der Waals surface area contributed by atoms with Crippen molar-refractivity contribution in [2.75, 3.05) is 18.4 Å². The molecule has 136 valence electrons. The summed E-state index contributed by atoms with van der Waals surface area (Å²) >= 11 is 0. The van der Waals surface area contributed by atoms with Gasteiger partial charge in [0.1, 0.15) is 17.3 Å². The molecule has 1 fully saturated rings.